The minimum atomic E-state index is -0.235. The molecule has 5 heteroatoms. The summed E-state index contributed by atoms with van der Waals surface area (Å²) in [5.74, 6) is 1.62. The molecule has 0 bridgehead atoms. The molecule has 0 atom stereocenters. The van der Waals surface area contributed by atoms with E-state index in [4.69, 9.17) is 9.47 Å². The summed E-state index contributed by atoms with van der Waals surface area (Å²) < 4.78 is 10.5. The lowest BCUT2D eigenvalue weighted by atomic mass is 10.1. The van der Waals surface area contributed by atoms with Gasteiger partial charge in [0.15, 0.2) is 0 Å². The van der Waals surface area contributed by atoms with Crippen molar-refractivity contribution in [3.05, 3.63) is 65.4 Å². The Labute approximate surface area is 134 Å². The van der Waals surface area contributed by atoms with Crippen LogP contribution in [0, 0.1) is 0 Å². The van der Waals surface area contributed by atoms with Crippen LogP contribution in [0.3, 0.4) is 0 Å². The third-order valence-electron chi connectivity index (χ3n) is 3.48. The summed E-state index contributed by atoms with van der Waals surface area (Å²) in [7, 11) is 3.16. The fraction of sp³-hybridized carbons (Fsp3) is 0.111. The molecule has 0 saturated heterocycles. The number of nitrogens with zero attached hydrogens (tertiary/aromatic N) is 1. The van der Waals surface area contributed by atoms with Crippen molar-refractivity contribution in [2.24, 2.45) is 4.99 Å². The molecule has 116 valence electrons. The largest absolute Gasteiger partial charge is 0.497 e. The lowest BCUT2D eigenvalue weighted by molar-refractivity contribution is -0.115. The van der Waals surface area contributed by atoms with E-state index in [0.717, 1.165) is 11.1 Å². The minimum absolute atomic E-state index is 0.235. The summed E-state index contributed by atoms with van der Waals surface area (Å²) in [6.45, 7) is 0. The third-order valence-corrected chi connectivity index (χ3v) is 3.48. The Morgan fingerprint density at radius 1 is 1.04 bits per heavy atom. The van der Waals surface area contributed by atoms with Crippen LogP contribution in [0.1, 0.15) is 11.1 Å². The number of aliphatic imine (C=N–C) groups is 1. The Morgan fingerprint density at radius 2 is 1.83 bits per heavy atom. The number of carbonyl (C=O) groups is 1. The molecular weight excluding hydrogens is 292 g/mol. The zero-order valence-corrected chi connectivity index (χ0v) is 12.9. The fourth-order valence-electron chi connectivity index (χ4n) is 2.29. The summed E-state index contributed by atoms with van der Waals surface area (Å²) in [4.78, 5) is 16.5. The second-order valence-electron chi connectivity index (χ2n) is 4.92. The van der Waals surface area contributed by atoms with Crippen molar-refractivity contribution in [1.82, 2.24) is 5.32 Å². The Kier molecular flexibility index (Phi) is 4.10. The van der Waals surface area contributed by atoms with Crippen molar-refractivity contribution < 1.29 is 14.3 Å². The number of benzene rings is 2. The van der Waals surface area contributed by atoms with Gasteiger partial charge in [-0.3, -0.25) is 4.79 Å². The van der Waals surface area contributed by atoms with Crippen LogP contribution in [0.4, 0.5) is 0 Å². The number of hydrogen-bond acceptors (Lipinski definition) is 4. The number of amides is 1. The number of rotatable bonds is 4. The maximum Gasteiger partial charge on any atom is 0.275 e. The topological polar surface area (TPSA) is 59.9 Å². The molecule has 0 radical (unpaired) electrons. The minimum Gasteiger partial charge on any atom is -0.497 e. The Balaban J connectivity index is 1.96. The molecule has 5 nitrogen and oxygen atoms in total. The maximum atomic E-state index is 12.1. The van der Waals surface area contributed by atoms with Crippen LogP contribution in [-0.2, 0) is 4.79 Å². The van der Waals surface area contributed by atoms with E-state index in [0.29, 0.717) is 23.0 Å². The molecule has 1 aliphatic heterocycles. The van der Waals surface area contributed by atoms with Crippen LogP contribution in [0.15, 0.2) is 59.2 Å². The van der Waals surface area contributed by atoms with Crippen LogP contribution in [0.2, 0.25) is 0 Å². The SMILES string of the molecule is COc1ccc(/C=C2\N=C(c3ccccc3)NC2=O)c(OC)c1. The van der Waals surface area contributed by atoms with Crippen molar-refractivity contribution in [1.29, 1.82) is 0 Å². The normalized spacial score (nSPS) is 15.3. The summed E-state index contributed by atoms with van der Waals surface area (Å²) in [6, 6.07) is 14.9. The fourth-order valence-corrected chi connectivity index (χ4v) is 2.29. The van der Waals surface area contributed by atoms with Gasteiger partial charge in [0.2, 0.25) is 0 Å². The highest BCUT2D eigenvalue weighted by Crippen LogP contribution is 2.27. The number of amidine groups is 1. The summed E-state index contributed by atoms with van der Waals surface area (Å²) in [6.07, 6.45) is 1.70. The zero-order valence-electron chi connectivity index (χ0n) is 12.9. The van der Waals surface area contributed by atoms with Gasteiger partial charge in [-0.2, -0.15) is 0 Å². The van der Waals surface area contributed by atoms with E-state index in [1.165, 1.54) is 0 Å². The molecule has 0 spiro atoms. The van der Waals surface area contributed by atoms with E-state index in [2.05, 4.69) is 10.3 Å². The first kappa shape index (κ1) is 14.8. The zero-order chi connectivity index (χ0) is 16.2. The summed E-state index contributed by atoms with van der Waals surface area (Å²) in [5, 5.41) is 2.78. The first-order valence-corrected chi connectivity index (χ1v) is 7.10. The standard InChI is InChI=1S/C18H16N2O3/c1-22-14-9-8-13(16(11-14)23-2)10-15-18(21)20-17(19-15)12-6-4-3-5-7-12/h3-11H,1-2H3,(H,19,20,21)/b15-10-. The van der Waals surface area contributed by atoms with Crippen LogP contribution >= 0.6 is 0 Å². The number of nitrogens with one attached hydrogen (secondary N) is 1. The average molecular weight is 308 g/mol. The molecule has 1 aliphatic rings. The van der Waals surface area contributed by atoms with Gasteiger partial charge in [-0.25, -0.2) is 4.99 Å². The number of ether oxygens (including phenoxy) is 2. The lowest BCUT2D eigenvalue weighted by Gasteiger charge is -2.07. The van der Waals surface area contributed by atoms with E-state index >= 15 is 0 Å². The number of carbonyl (C=O) groups excluding carboxylic acids is 1. The van der Waals surface area contributed by atoms with Gasteiger partial charge in [0.25, 0.3) is 5.91 Å². The van der Waals surface area contributed by atoms with Gasteiger partial charge >= 0.3 is 0 Å². The predicted molar refractivity (Wildman–Crippen MR) is 88.6 cm³/mol. The molecular formula is C18H16N2O3. The molecule has 0 saturated carbocycles. The Morgan fingerprint density at radius 3 is 2.52 bits per heavy atom. The molecule has 23 heavy (non-hydrogen) atoms. The summed E-state index contributed by atoms with van der Waals surface area (Å²) in [5.41, 5.74) is 1.97. The molecule has 0 aliphatic carbocycles. The van der Waals surface area contributed by atoms with E-state index < -0.39 is 0 Å². The van der Waals surface area contributed by atoms with Crippen molar-refractivity contribution in [3.8, 4) is 11.5 Å². The van der Waals surface area contributed by atoms with Gasteiger partial charge in [-0.05, 0) is 18.2 Å². The lowest BCUT2D eigenvalue weighted by Crippen LogP contribution is -2.24. The first-order valence-electron chi connectivity index (χ1n) is 7.10. The molecule has 0 unspecified atom stereocenters. The van der Waals surface area contributed by atoms with Crippen LogP contribution in [-0.4, -0.2) is 26.0 Å². The molecule has 3 rings (SSSR count). The van der Waals surface area contributed by atoms with Crippen molar-refractivity contribution >= 4 is 17.8 Å². The smallest absolute Gasteiger partial charge is 0.275 e. The molecule has 1 N–H and O–H groups in total. The first-order chi connectivity index (χ1) is 11.2. The van der Waals surface area contributed by atoms with Crippen molar-refractivity contribution in [2.75, 3.05) is 14.2 Å². The Bertz CT molecular complexity index is 795. The van der Waals surface area contributed by atoms with E-state index in [-0.39, 0.29) is 5.91 Å². The van der Waals surface area contributed by atoms with Gasteiger partial charge in [0, 0.05) is 17.2 Å². The Hall–Kier alpha value is -3.08. The molecule has 0 aromatic heterocycles. The second kappa shape index (κ2) is 6.36. The quantitative estimate of drug-likeness (QED) is 0.883. The van der Waals surface area contributed by atoms with Crippen molar-refractivity contribution in [3.63, 3.8) is 0 Å². The predicted octanol–water partition coefficient (Wildman–Crippen LogP) is 2.62. The van der Waals surface area contributed by atoms with E-state index in [1.807, 2.05) is 42.5 Å². The van der Waals surface area contributed by atoms with Crippen LogP contribution in [0.5, 0.6) is 11.5 Å². The highest BCUT2D eigenvalue weighted by Gasteiger charge is 2.21. The van der Waals surface area contributed by atoms with E-state index in [1.54, 1.807) is 26.4 Å². The van der Waals surface area contributed by atoms with Crippen LogP contribution < -0.4 is 14.8 Å². The van der Waals surface area contributed by atoms with Gasteiger partial charge in [0.05, 0.1) is 14.2 Å². The van der Waals surface area contributed by atoms with Gasteiger partial charge < -0.3 is 14.8 Å². The van der Waals surface area contributed by atoms with E-state index in [9.17, 15) is 4.79 Å². The third kappa shape index (κ3) is 3.08. The molecule has 2 aromatic rings. The summed E-state index contributed by atoms with van der Waals surface area (Å²) >= 11 is 0. The highest BCUT2D eigenvalue weighted by molar-refractivity contribution is 6.19. The van der Waals surface area contributed by atoms with Gasteiger partial charge in [-0.15, -0.1) is 0 Å². The number of methoxy groups -OCH3 is 2. The number of hydrogen-bond donors (Lipinski definition) is 1. The van der Waals surface area contributed by atoms with Gasteiger partial charge in [0.1, 0.15) is 23.0 Å². The molecule has 1 heterocycles. The second-order valence-corrected chi connectivity index (χ2v) is 4.92. The maximum absolute atomic E-state index is 12.1. The van der Waals surface area contributed by atoms with Gasteiger partial charge in [-0.1, -0.05) is 30.3 Å². The molecule has 2 aromatic carbocycles. The van der Waals surface area contributed by atoms with Crippen LogP contribution in [0.25, 0.3) is 6.08 Å². The molecule has 1 amide bonds. The molecule has 0 fully saturated rings. The monoisotopic (exact) mass is 308 g/mol. The highest BCUT2D eigenvalue weighted by atomic mass is 16.5. The average Bonchev–Trinajstić information content (AvgIpc) is 2.97. The van der Waals surface area contributed by atoms with Crippen molar-refractivity contribution in [2.45, 2.75) is 0 Å².